The van der Waals surface area contributed by atoms with E-state index in [1.807, 2.05) is 0 Å². The van der Waals surface area contributed by atoms with Crippen LogP contribution < -0.4 is 0 Å². The number of unbranched alkanes of at least 4 members (excludes halogenated alkanes) is 8. The molecule has 0 aromatic rings. The predicted octanol–water partition coefficient (Wildman–Crippen LogP) is 4.38. The number of hydrogen-bond donors (Lipinski definition) is 0. The average molecular weight is 354 g/mol. The van der Waals surface area contributed by atoms with Crippen LogP contribution in [-0.2, 0) is 19.1 Å². The number of hydrogen-bond acceptors (Lipinski definition) is 4. The molecule has 1 aliphatic rings. The van der Waals surface area contributed by atoms with Crippen molar-refractivity contribution in [2.24, 2.45) is 0 Å². The first-order valence-corrected chi connectivity index (χ1v) is 10.1. The molecule has 2 amide bonds. The van der Waals surface area contributed by atoms with Crippen LogP contribution in [0.15, 0.2) is 0 Å². The second kappa shape index (κ2) is 12.9. The van der Waals surface area contributed by atoms with Crippen molar-refractivity contribution < 1.29 is 19.1 Å². The van der Waals surface area contributed by atoms with Gasteiger partial charge in [-0.05, 0) is 12.8 Å². The highest BCUT2D eigenvalue weighted by atomic mass is 16.5. The summed E-state index contributed by atoms with van der Waals surface area (Å²) >= 11 is 0. The molecule has 5 nitrogen and oxygen atoms in total. The molecule has 1 aliphatic heterocycles. The van der Waals surface area contributed by atoms with E-state index in [9.17, 15) is 14.4 Å². The molecular formula is C20H35NO4. The first-order valence-electron chi connectivity index (χ1n) is 10.1. The standard InChI is InChI=1S/C20H35NO4/c1-3-5-7-8-9-10-12-14-19(23)21(17-15-16-25-20(17)24)18(22)13-11-6-4-2/h17H,3-16H2,1-2H3/t17-/m0/s1. The van der Waals surface area contributed by atoms with E-state index in [2.05, 4.69) is 13.8 Å². The molecule has 0 unspecified atom stereocenters. The van der Waals surface area contributed by atoms with Crippen LogP contribution in [0.3, 0.4) is 0 Å². The summed E-state index contributed by atoms with van der Waals surface area (Å²) in [5.74, 6) is -0.860. The molecule has 0 aliphatic carbocycles. The Kier molecular flexibility index (Phi) is 11.2. The van der Waals surface area contributed by atoms with E-state index in [1.54, 1.807) is 0 Å². The minimum Gasteiger partial charge on any atom is -0.464 e. The first kappa shape index (κ1) is 21.7. The van der Waals surface area contributed by atoms with Crippen LogP contribution in [0.1, 0.15) is 97.3 Å². The SMILES string of the molecule is CCCCCCCCCC(=O)N(C(=O)CCCCC)[C@H]1CCOC1=O. The molecule has 1 rings (SSSR count). The van der Waals surface area contributed by atoms with Gasteiger partial charge in [0.05, 0.1) is 6.61 Å². The van der Waals surface area contributed by atoms with Crippen molar-refractivity contribution in [2.75, 3.05) is 6.61 Å². The quantitative estimate of drug-likeness (QED) is 0.364. The third-order valence-corrected chi connectivity index (χ3v) is 4.75. The maximum absolute atomic E-state index is 12.6. The van der Waals surface area contributed by atoms with Gasteiger partial charge in [-0.1, -0.05) is 65.2 Å². The average Bonchev–Trinajstić information content (AvgIpc) is 3.00. The van der Waals surface area contributed by atoms with Crippen LogP contribution in [0.5, 0.6) is 0 Å². The van der Waals surface area contributed by atoms with E-state index in [0.29, 0.717) is 25.9 Å². The Balaban J connectivity index is 2.46. The molecule has 5 heteroatoms. The molecule has 0 bridgehead atoms. The minimum absolute atomic E-state index is 0.209. The Hall–Kier alpha value is -1.39. The Labute approximate surface area is 152 Å². The molecule has 0 spiro atoms. The largest absolute Gasteiger partial charge is 0.464 e. The van der Waals surface area contributed by atoms with Gasteiger partial charge in [0.25, 0.3) is 0 Å². The number of cyclic esters (lactones) is 1. The third kappa shape index (κ3) is 8.02. The maximum atomic E-state index is 12.6. The summed E-state index contributed by atoms with van der Waals surface area (Å²) in [5, 5.41) is 0. The van der Waals surface area contributed by atoms with Crippen LogP contribution in [0.25, 0.3) is 0 Å². The van der Waals surface area contributed by atoms with Gasteiger partial charge in [-0.2, -0.15) is 0 Å². The highest BCUT2D eigenvalue weighted by molar-refractivity contribution is 5.99. The van der Waals surface area contributed by atoms with Crippen molar-refractivity contribution >= 4 is 17.8 Å². The summed E-state index contributed by atoms with van der Waals surface area (Å²) in [4.78, 5) is 38.2. The number of nitrogens with zero attached hydrogens (tertiary/aromatic N) is 1. The lowest BCUT2D eigenvalue weighted by Gasteiger charge is -2.24. The van der Waals surface area contributed by atoms with E-state index in [0.717, 1.165) is 38.5 Å². The van der Waals surface area contributed by atoms with E-state index < -0.39 is 12.0 Å². The zero-order valence-electron chi connectivity index (χ0n) is 16.1. The summed E-state index contributed by atoms with van der Waals surface area (Å²) in [7, 11) is 0. The Morgan fingerprint density at radius 3 is 1.88 bits per heavy atom. The van der Waals surface area contributed by atoms with Crippen molar-refractivity contribution in [3.05, 3.63) is 0 Å². The maximum Gasteiger partial charge on any atom is 0.329 e. The number of amides is 2. The molecule has 25 heavy (non-hydrogen) atoms. The lowest BCUT2D eigenvalue weighted by molar-refractivity contribution is -0.156. The minimum atomic E-state index is -0.703. The summed E-state index contributed by atoms with van der Waals surface area (Å²) < 4.78 is 4.97. The number of ether oxygens (including phenoxy) is 1. The molecule has 0 N–H and O–H groups in total. The van der Waals surface area contributed by atoms with Crippen molar-refractivity contribution in [2.45, 2.75) is 103 Å². The molecule has 0 aromatic carbocycles. The second-order valence-electron chi connectivity index (χ2n) is 6.96. The van der Waals surface area contributed by atoms with E-state index >= 15 is 0 Å². The van der Waals surface area contributed by atoms with E-state index in [-0.39, 0.29) is 11.8 Å². The monoisotopic (exact) mass is 353 g/mol. The van der Waals surface area contributed by atoms with Gasteiger partial charge in [-0.15, -0.1) is 0 Å². The summed E-state index contributed by atoms with van der Waals surface area (Å²) in [6.07, 6.45) is 11.7. The van der Waals surface area contributed by atoms with Crippen molar-refractivity contribution in [3.63, 3.8) is 0 Å². The zero-order chi connectivity index (χ0) is 18.5. The van der Waals surface area contributed by atoms with Crippen molar-refractivity contribution in [1.29, 1.82) is 0 Å². The third-order valence-electron chi connectivity index (χ3n) is 4.75. The summed E-state index contributed by atoms with van der Waals surface area (Å²) in [5.41, 5.74) is 0. The fourth-order valence-corrected chi connectivity index (χ4v) is 3.21. The number of esters is 1. The number of carbonyl (C=O) groups excluding carboxylic acids is 3. The Morgan fingerprint density at radius 1 is 0.880 bits per heavy atom. The van der Waals surface area contributed by atoms with Gasteiger partial charge in [-0.25, -0.2) is 4.79 Å². The van der Waals surface area contributed by atoms with E-state index in [4.69, 9.17) is 4.74 Å². The van der Waals surface area contributed by atoms with Crippen LogP contribution in [0, 0.1) is 0 Å². The molecule has 0 aromatic heterocycles. The predicted molar refractivity (Wildman–Crippen MR) is 98.0 cm³/mol. The van der Waals surface area contributed by atoms with Crippen LogP contribution in [-0.4, -0.2) is 35.3 Å². The van der Waals surface area contributed by atoms with Gasteiger partial charge in [0, 0.05) is 19.3 Å². The molecule has 1 fully saturated rings. The van der Waals surface area contributed by atoms with E-state index in [1.165, 1.54) is 30.6 Å². The molecule has 0 saturated carbocycles. The molecular weight excluding hydrogens is 318 g/mol. The fraction of sp³-hybridized carbons (Fsp3) is 0.850. The van der Waals surface area contributed by atoms with Gasteiger partial charge < -0.3 is 4.74 Å². The van der Waals surface area contributed by atoms with Crippen LogP contribution in [0.4, 0.5) is 0 Å². The molecule has 1 saturated heterocycles. The molecule has 0 radical (unpaired) electrons. The van der Waals surface area contributed by atoms with Gasteiger partial charge in [0.2, 0.25) is 11.8 Å². The van der Waals surface area contributed by atoms with Crippen molar-refractivity contribution in [1.82, 2.24) is 4.90 Å². The molecule has 1 atom stereocenters. The molecule has 1 heterocycles. The topological polar surface area (TPSA) is 63.7 Å². The highest BCUT2D eigenvalue weighted by Crippen LogP contribution is 2.19. The van der Waals surface area contributed by atoms with Crippen LogP contribution in [0.2, 0.25) is 0 Å². The van der Waals surface area contributed by atoms with Gasteiger partial charge in [-0.3, -0.25) is 14.5 Å². The molecule has 144 valence electrons. The fourth-order valence-electron chi connectivity index (χ4n) is 3.21. The smallest absolute Gasteiger partial charge is 0.329 e. The number of carbonyl (C=O) groups is 3. The lowest BCUT2D eigenvalue weighted by Crippen LogP contribution is -2.46. The summed E-state index contributed by atoms with van der Waals surface area (Å²) in [6.45, 7) is 4.56. The normalized spacial score (nSPS) is 16.7. The second-order valence-corrected chi connectivity index (χ2v) is 6.96. The highest BCUT2D eigenvalue weighted by Gasteiger charge is 2.38. The van der Waals surface area contributed by atoms with Crippen molar-refractivity contribution in [3.8, 4) is 0 Å². The lowest BCUT2D eigenvalue weighted by atomic mass is 10.1. The zero-order valence-corrected chi connectivity index (χ0v) is 16.1. The Morgan fingerprint density at radius 2 is 1.36 bits per heavy atom. The number of imide groups is 1. The number of rotatable bonds is 13. The van der Waals surface area contributed by atoms with Gasteiger partial charge in [0.1, 0.15) is 6.04 Å². The summed E-state index contributed by atoms with van der Waals surface area (Å²) in [6, 6.07) is -0.703. The van der Waals surface area contributed by atoms with Crippen LogP contribution >= 0.6 is 0 Å². The van der Waals surface area contributed by atoms with Gasteiger partial charge in [0.15, 0.2) is 0 Å². The first-order chi connectivity index (χ1) is 12.1. The van der Waals surface area contributed by atoms with Gasteiger partial charge >= 0.3 is 5.97 Å². The Bertz CT molecular complexity index is 422.